The predicted molar refractivity (Wildman–Crippen MR) is 119 cm³/mol. The monoisotopic (exact) mass is 475 g/mol. The second kappa shape index (κ2) is 8.87. The third kappa shape index (κ3) is 5.35. The maximum absolute atomic E-state index is 13.3. The molecule has 3 rings (SSSR count). The molecule has 0 aromatic heterocycles. The first-order valence-corrected chi connectivity index (χ1v) is 13.6. The SMILES string of the molecule is CCc1cc(C)cc(C)c1C1=C(OP(C)(=S)OCC(F)(F)F)C2(CCCCC2)NC1=O. The maximum Gasteiger partial charge on any atom is 0.412 e. The number of halogens is 3. The van der Waals surface area contributed by atoms with Crippen LogP contribution in [-0.4, -0.2) is 30.9 Å². The van der Waals surface area contributed by atoms with Crippen molar-refractivity contribution in [2.24, 2.45) is 0 Å². The van der Waals surface area contributed by atoms with Crippen molar-refractivity contribution in [2.45, 2.75) is 71.0 Å². The largest absolute Gasteiger partial charge is 0.445 e. The van der Waals surface area contributed by atoms with Gasteiger partial charge >= 0.3 is 6.18 Å². The quantitative estimate of drug-likeness (QED) is 0.517. The molecule has 1 fully saturated rings. The second-order valence-electron chi connectivity index (χ2n) is 8.52. The standard InChI is InChI=1S/C22H29F3NO3PS/c1-5-16-12-14(2)11-15(3)17(16)18-19(29-30(4,31)28-13-22(23,24)25)21(26-20(18)27)9-7-6-8-10-21/h11-12H,5-10,13H2,1-4H3,(H,26,27). The zero-order valence-corrected chi connectivity index (χ0v) is 20.0. The summed E-state index contributed by atoms with van der Waals surface area (Å²) in [6.45, 7) is 2.57. The fourth-order valence-electron chi connectivity index (χ4n) is 4.62. The number of hydrogen-bond donors (Lipinski definition) is 1. The molecule has 1 atom stereocenters. The Morgan fingerprint density at radius 2 is 1.84 bits per heavy atom. The summed E-state index contributed by atoms with van der Waals surface area (Å²) in [5, 5.41) is 3.11. The van der Waals surface area contributed by atoms with E-state index in [2.05, 4.69) is 5.32 Å². The second-order valence-corrected chi connectivity index (χ2v) is 12.5. The van der Waals surface area contributed by atoms with Crippen LogP contribution >= 0.6 is 6.49 Å². The Hall–Kier alpha value is -1.37. The van der Waals surface area contributed by atoms with Gasteiger partial charge in [0.1, 0.15) is 5.76 Å². The van der Waals surface area contributed by atoms with E-state index < -0.39 is 24.8 Å². The topological polar surface area (TPSA) is 47.6 Å². The predicted octanol–water partition coefficient (Wildman–Crippen LogP) is 5.94. The van der Waals surface area contributed by atoms with Crippen molar-refractivity contribution in [1.82, 2.24) is 5.32 Å². The van der Waals surface area contributed by atoms with Crippen LogP contribution in [0.5, 0.6) is 0 Å². The van der Waals surface area contributed by atoms with Gasteiger partial charge in [0.15, 0.2) is 6.61 Å². The lowest BCUT2D eigenvalue weighted by atomic mass is 9.80. The van der Waals surface area contributed by atoms with Gasteiger partial charge in [-0.3, -0.25) is 4.79 Å². The molecular formula is C22H29F3NO3PS. The number of aryl methyl sites for hydroxylation is 3. The van der Waals surface area contributed by atoms with Crippen molar-refractivity contribution in [3.63, 3.8) is 0 Å². The van der Waals surface area contributed by atoms with Crippen LogP contribution in [0.25, 0.3) is 5.57 Å². The van der Waals surface area contributed by atoms with E-state index in [0.29, 0.717) is 30.6 Å². The van der Waals surface area contributed by atoms with Crippen molar-refractivity contribution >= 4 is 29.8 Å². The molecule has 1 spiro atoms. The minimum absolute atomic E-state index is 0.260. The molecular weight excluding hydrogens is 446 g/mol. The van der Waals surface area contributed by atoms with Crippen molar-refractivity contribution in [1.29, 1.82) is 0 Å². The Bertz CT molecular complexity index is 952. The molecule has 31 heavy (non-hydrogen) atoms. The fourth-order valence-corrected chi connectivity index (χ4v) is 6.03. The zero-order valence-electron chi connectivity index (χ0n) is 18.3. The van der Waals surface area contributed by atoms with Crippen LogP contribution in [-0.2, 0) is 32.1 Å². The highest BCUT2D eigenvalue weighted by molar-refractivity contribution is 8.09. The first-order valence-electron chi connectivity index (χ1n) is 10.5. The molecule has 1 heterocycles. The molecule has 9 heteroatoms. The van der Waals surface area contributed by atoms with E-state index in [1.54, 1.807) is 0 Å². The van der Waals surface area contributed by atoms with E-state index in [1.807, 2.05) is 32.9 Å². The minimum Gasteiger partial charge on any atom is -0.445 e. The number of benzene rings is 1. The summed E-state index contributed by atoms with van der Waals surface area (Å²) in [5.74, 6) is 0.108. The van der Waals surface area contributed by atoms with E-state index in [-0.39, 0.29) is 5.91 Å². The molecule has 1 N–H and O–H groups in total. The first-order chi connectivity index (χ1) is 14.4. The minimum atomic E-state index is -4.50. The van der Waals surface area contributed by atoms with Gasteiger partial charge in [0.2, 0.25) is 6.49 Å². The van der Waals surface area contributed by atoms with Crippen molar-refractivity contribution < 1.29 is 27.0 Å². The van der Waals surface area contributed by atoms with Crippen molar-refractivity contribution in [3.8, 4) is 0 Å². The van der Waals surface area contributed by atoms with Crippen LogP contribution in [0.3, 0.4) is 0 Å². The van der Waals surface area contributed by atoms with Gasteiger partial charge in [-0.25, -0.2) is 0 Å². The maximum atomic E-state index is 13.3. The van der Waals surface area contributed by atoms with Gasteiger partial charge in [-0.05, 0) is 61.6 Å². The summed E-state index contributed by atoms with van der Waals surface area (Å²) in [7, 11) is 0. The summed E-state index contributed by atoms with van der Waals surface area (Å²) in [5.41, 5.74) is 3.45. The lowest BCUT2D eigenvalue weighted by Gasteiger charge is -2.37. The van der Waals surface area contributed by atoms with Crippen LogP contribution in [0.1, 0.15) is 61.3 Å². The molecule has 1 unspecified atom stereocenters. The molecule has 4 nitrogen and oxygen atoms in total. The Kier molecular flexibility index (Phi) is 6.95. The van der Waals surface area contributed by atoms with Crippen LogP contribution in [0.4, 0.5) is 13.2 Å². The third-order valence-electron chi connectivity index (χ3n) is 5.86. The normalized spacial score (nSPS) is 20.7. The molecule has 1 saturated carbocycles. The van der Waals surface area contributed by atoms with E-state index >= 15 is 0 Å². The van der Waals surface area contributed by atoms with E-state index in [1.165, 1.54) is 6.66 Å². The summed E-state index contributed by atoms with van der Waals surface area (Å²) in [4.78, 5) is 13.3. The number of hydrogen-bond acceptors (Lipinski definition) is 4. The van der Waals surface area contributed by atoms with E-state index in [9.17, 15) is 18.0 Å². The molecule has 172 valence electrons. The van der Waals surface area contributed by atoms with Crippen LogP contribution < -0.4 is 5.32 Å². The van der Waals surface area contributed by atoms with Gasteiger partial charge in [-0.1, -0.05) is 43.9 Å². The Balaban J connectivity index is 2.15. The zero-order chi connectivity index (χ0) is 23.0. The molecule has 1 amide bonds. The number of carbonyl (C=O) groups is 1. The fraction of sp³-hybridized carbons (Fsp3) is 0.591. The lowest BCUT2D eigenvalue weighted by Crippen LogP contribution is -2.46. The van der Waals surface area contributed by atoms with E-state index in [0.717, 1.165) is 41.5 Å². The lowest BCUT2D eigenvalue weighted by molar-refractivity contribution is -0.153. The summed E-state index contributed by atoms with van der Waals surface area (Å²) in [6, 6.07) is 4.04. The van der Waals surface area contributed by atoms with Gasteiger partial charge in [-0.2, -0.15) is 13.2 Å². The molecule has 0 bridgehead atoms. The molecule has 0 radical (unpaired) electrons. The average molecular weight is 476 g/mol. The molecule has 2 aliphatic rings. The molecule has 1 aromatic rings. The highest BCUT2D eigenvalue weighted by Crippen LogP contribution is 2.54. The number of alkyl halides is 3. The third-order valence-corrected chi connectivity index (χ3v) is 7.51. The van der Waals surface area contributed by atoms with Crippen LogP contribution in [0.15, 0.2) is 17.9 Å². The number of amides is 1. The number of nitrogens with one attached hydrogen (secondary N) is 1. The van der Waals surface area contributed by atoms with Gasteiger partial charge in [0, 0.05) is 6.66 Å². The highest BCUT2D eigenvalue weighted by Gasteiger charge is 2.49. The Morgan fingerprint density at radius 3 is 2.42 bits per heavy atom. The number of carbonyl (C=O) groups excluding carboxylic acids is 1. The number of rotatable bonds is 6. The average Bonchev–Trinajstić information content (AvgIpc) is 2.90. The molecule has 0 saturated heterocycles. The summed E-state index contributed by atoms with van der Waals surface area (Å²) in [6.07, 6.45) is 0.357. The molecule has 1 aromatic carbocycles. The summed E-state index contributed by atoms with van der Waals surface area (Å²) >= 11 is 5.35. The van der Waals surface area contributed by atoms with Gasteiger partial charge < -0.3 is 14.4 Å². The molecule has 1 aliphatic heterocycles. The molecule has 1 aliphatic carbocycles. The van der Waals surface area contributed by atoms with Gasteiger partial charge in [0.05, 0.1) is 11.1 Å². The first kappa shape index (κ1) is 24.3. The Morgan fingerprint density at radius 1 is 1.19 bits per heavy atom. The van der Waals surface area contributed by atoms with E-state index in [4.69, 9.17) is 20.9 Å². The van der Waals surface area contributed by atoms with Crippen LogP contribution in [0.2, 0.25) is 0 Å². The Labute approximate surface area is 186 Å². The van der Waals surface area contributed by atoms with Crippen LogP contribution in [0, 0.1) is 13.8 Å². The smallest absolute Gasteiger partial charge is 0.412 e. The van der Waals surface area contributed by atoms with Crippen molar-refractivity contribution in [3.05, 3.63) is 40.1 Å². The summed E-state index contributed by atoms with van der Waals surface area (Å²) < 4.78 is 49.4. The van der Waals surface area contributed by atoms with Crippen molar-refractivity contribution in [2.75, 3.05) is 13.3 Å². The van der Waals surface area contributed by atoms with Gasteiger partial charge in [-0.15, -0.1) is 0 Å². The highest BCUT2D eigenvalue weighted by atomic mass is 32.5. The van der Waals surface area contributed by atoms with Gasteiger partial charge in [0.25, 0.3) is 5.91 Å².